The van der Waals surface area contributed by atoms with Crippen molar-refractivity contribution in [3.63, 3.8) is 0 Å². The van der Waals surface area contributed by atoms with Gasteiger partial charge in [-0.1, -0.05) is 0 Å². The first kappa shape index (κ1) is 14.3. The first-order valence-electron chi connectivity index (χ1n) is 6.28. The summed E-state index contributed by atoms with van der Waals surface area (Å²) >= 11 is 4.71. The van der Waals surface area contributed by atoms with Gasteiger partial charge in [-0.05, 0) is 34.5 Å². The standard InChI is InChI=1S/C13H12BrN3O3S/c1-6-2-10(21-11(6)14)12(18)17-4-8-7(15-5-16-8)3-9(17)13(19)20/h2,5,9H,3-4H2,1H3,(H,15,16)(H,19,20). The zero-order chi connectivity index (χ0) is 15.1. The molecule has 0 radical (unpaired) electrons. The van der Waals surface area contributed by atoms with Crippen LogP contribution in [0.5, 0.6) is 0 Å². The van der Waals surface area contributed by atoms with Crippen LogP contribution in [0.25, 0.3) is 0 Å². The molecule has 2 aromatic heterocycles. The summed E-state index contributed by atoms with van der Waals surface area (Å²) in [5.41, 5.74) is 2.48. The van der Waals surface area contributed by atoms with Crippen molar-refractivity contribution >= 4 is 39.1 Å². The van der Waals surface area contributed by atoms with E-state index in [2.05, 4.69) is 25.9 Å². The highest BCUT2D eigenvalue weighted by Crippen LogP contribution is 2.30. The van der Waals surface area contributed by atoms with Gasteiger partial charge in [-0.15, -0.1) is 11.3 Å². The molecule has 0 spiro atoms. The fourth-order valence-electron chi connectivity index (χ4n) is 2.38. The Kier molecular flexibility index (Phi) is 3.58. The smallest absolute Gasteiger partial charge is 0.326 e. The molecule has 2 aromatic rings. The predicted octanol–water partition coefficient (Wildman–Crippen LogP) is 2.19. The van der Waals surface area contributed by atoms with Crippen LogP contribution >= 0.6 is 27.3 Å². The van der Waals surface area contributed by atoms with Crippen molar-refractivity contribution in [3.05, 3.63) is 38.0 Å². The Morgan fingerprint density at radius 1 is 1.57 bits per heavy atom. The number of rotatable bonds is 2. The number of thiophene rings is 1. The number of carbonyl (C=O) groups is 2. The zero-order valence-electron chi connectivity index (χ0n) is 11.1. The molecule has 1 unspecified atom stereocenters. The van der Waals surface area contributed by atoms with Crippen molar-refractivity contribution < 1.29 is 14.7 Å². The minimum absolute atomic E-state index is 0.228. The highest BCUT2D eigenvalue weighted by atomic mass is 79.9. The van der Waals surface area contributed by atoms with Gasteiger partial charge in [0.2, 0.25) is 0 Å². The Morgan fingerprint density at radius 2 is 2.33 bits per heavy atom. The molecule has 0 saturated heterocycles. The largest absolute Gasteiger partial charge is 0.480 e. The molecule has 0 bridgehead atoms. The fraction of sp³-hybridized carbons (Fsp3) is 0.308. The normalized spacial score (nSPS) is 17.6. The molecular weight excluding hydrogens is 358 g/mol. The molecule has 0 fully saturated rings. The lowest BCUT2D eigenvalue weighted by Gasteiger charge is -2.31. The van der Waals surface area contributed by atoms with E-state index in [4.69, 9.17) is 0 Å². The van der Waals surface area contributed by atoms with Crippen molar-refractivity contribution in [2.24, 2.45) is 0 Å². The minimum Gasteiger partial charge on any atom is -0.480 e. The third-order valence-corrected chi connectivity index (χ3v) is 5.64. The fourth-order valence-corrected chi connectivity index (χ4v) is 3.87. The summed E-state index contributed by atoms with van der Waals surface area (Å²) in [5, 5.41) is 9.39. The van der Waals surface area contributed by atoms with E-state index in [1.165, 1.54) is 22.6 Å². The van der Waals surface area contributed by atoms with Crippen LogP contribution in [0, 0.1) is 6.92 Å². The van der Waals surface area contributed by atoms with E-state index in [1.54, 1.807) is 6.07 Å². The molecule has 1 aliphatic heterocycles. The van der Waals surface area contributed by atoms with E-state index in [-0.39, 0.29) is 18.9 Å². The molecule has 21 heavy (non-hydrogen) atoms. The topological polar surface area (TPSA) is 86.3 Å². The minimum atomic E-state index is -1.01. The molecule has 0 saturated carbocycles. The summed E-state index contributed by atoms with van der Waals surface area (Å²) in [6.45, 7) is 2.13. The molecule has 0 aliphatic carbocycles. The van der Waals surface area contributed by atoms with Gasteiger partial charge in [0.15, 0.2) is 0 Å². The Labute approximate surface area is 132 Å². The molecule has 3 rings (SSSR count). The maximum atomic E-state index is 12.6. The predicted molar refractivity (Wildman–Crippen MR) is 80.3 cm³/mol. The lowest BCUT2D eigenvalue weighted by Crippen LogP contribution is -2.48. The number of fused-ring (bicyclic) bond motifs is 1. The Bertz CT molecular complexity index is 705. The molecule has 110 valence electrons. The number of nitrogens with one attached hydrogen (secondary N) is 1. The van der Waals surface area contributed by atoms with Crippen molar-refractivity contribution in [1.29, 1.82) is 0 Å². The first-order valence-corrected chi connectivity index (χ1v) is 7.89. The number of aliphatic carboxylic acids is 1. The Hall–Kier alpha value is -1.67. The van der Waals surface area contributed by atoms with Crippen LogP contribution in [0.2, 0.25) is 0 Å². The molecule has 2 N–H and O–H groups in total. The number of amides is 1. The van der Waals surface area contributed by atoms with Gasteiger partial charge < -0.3 is 15.0 Å². The molecule has 1 aliphatic rings. The number of hydrogen-bond acceptors (Lipinski definition) is 4. The second-order valence-corrected chi connectivity index (χ2v) is 7.26. The van der Waals surface area contributed by atoms with Crippen LogP contribution in [0.15, 0.2) is 16.2 Å². The van der Waals surface area contributed by atoms with Crippen molar-refractivity contribution in [2.75, 3.05) is 0 Å². The number of H-pyrrole nitrogens is 1. The number of aryl methyl sites for hydroxylation is 1. The van der Waals surface area contributed by atoms with Crippen molar-refractivity contribution in [3.8, 4) is 0 Å². The Morgan fingerprint density at radius 3 is 2.95 bits per heavy atom. The van der Waals surface area contributed by atoms with Gasteiger partial charge in [0.25, 0.3) is 5.91 Å². The molecule has 1 amide bonds. The number of carboxylic acids is 1. The van der Waals surface area contributed by atoms with E-state index in [0.717, 1.165) is 20.7 Å². The van der Waals surface area contributed by atoms with Gasteiger partial charge in [0.05, 0.1) is 32.9 Å². The Balaban J connectivity index is 1.95. The van der Waals surface area contributed by atoms with Gasteiger partial charge in [-0.25, -0.2) is 9.78 Å². The number of halogens is 1. The number of imidazole rings is 1. The van der Waals surface area contributed by atoms with Crippen LogP contribution in [-0.2, 0) is 17.8 Å². The maximum absolute atomic E-state index is 12.6. The molecule has 0 aromatic carbocycles. The van der Waals surface area contributed by atoms with Gasteiger partial charge in [-0.3, -0.25) is 4.79 Å². The third-order valence-electron chi connectivity index (χ3n) is 3.51. The van der Waals surface area contributed by atoms with E-state index in [9.17, 15) is 14.7 Å². The number of carboxylic acid groups (broad SMARTS) is 1. The number of aromatic amines is 1. The highest BCUT2D eigenvalue weighted by Gasteiger charge is 2.36. The van der Waals surface area contributed by atoms with Crippen molar-refractivity contribution in [2.45, 2.75) is 25.9 Å². The molecular formula is C13H12BrN3O3S. The van der Waals surface area contributed by atoms with E-state index in [0.29, 0.717) is 4.88 Å². The average Bonchev–Trinajstić information content (AvgIpc) is 3.03. The molecule has 3 heterocycles. The monoisotopic (exact) mass is 369 g/mol. The zero-order valence-corrected chi connectivity index (χ0v) is 13.5. The molecule has 6 nitrogen and oxygen atoms in total. The quantitative estimate of drug-likeness (QED) is 0.849. The van der Waals surface area contributed by atoms with Gasteiger partial charge >= 0.3 is 5.97 Å². The second-order valence-electron chi connectivity index (χ2n) is 4.89. The van der Waals surface area contributed by atoms with Crippen LogP contribution in [-0.4, -0.2) is 37.9 Å². The summed E-state index contributed by atoms with van der Waals surface area (Å²) in [5.74, 6) is -1.27. The number of aromatic nitrogens is 2. The second kappa shape index (κ2) is 5.27. The lowest BCUT2D eigenvalue weighted by molar-refractivity contribution is -0.142. The summed E-state index contributed by atoms with van der Waals surface area (Å²) < 4.78 is 0.886. The van der Waals surface area contributed by atoms with Crippen LogP contribution in [0.1, 0.15) is 26.6 Å². The lowest BCUT2D eigenvalue weighted by atomic mass is 10.0. The first-order chi connectivity index (χ1) is 9.97. The van der Waals surface area contributed by atoms with E-state index >= 15 is 0 Å². The molecule has 1 atom stereocenters. The number of carbonyl (C=O) groups excluding carboxylic acids is 1. The SMILES string of the molecule is Cc1cc(C(=O)N2Cc3[nH]cnc3CC2C(=O)O)sc1Br. The summed E-state index contributed by atoms with van der Waals surface area (Å²) in [7, 11) is 0. The summed E-state index contributed by atoms with van der Waals surface area (Å²) in [4.78, 5) is 33.1. The third kappa shape index (κ3) is 2.49. The summed E-state index contributed by atoms with van der Waals surface area (Å²) in [6.07, 6.45) is 1.76. The van der Waals surface area contributed by atoms with Crippen LogP contribution in [0.4, 0.5) is 0 Å². The summed E-state index contributed by atoms with van der Waals surface area (Å²) in [6, 6.07) is 0.896. The van der Waals surface area contributed by atoms with E-state index in [1.807, 2.05) is 6.92 Å². The van der Waals surface area contributed by atoms with Gasteiger partial charge in [-0.2, -0.15) is 0 Å². The number of nitrogens with zero attached hydrogens (tertiary/aromatic N) is 2. The molecule has 8 heteroatoms. The maximum Gasteiger partial charge on any atom is 0.326 e. The van der Waals surface area contributed by atoms with E-state index < -0.39 is 12.0 Å². The highest BCUT2D eigenvalue weighted by molar-refractivity contribution is 9.11. The van der Waals surface area contributed by atoms with Crippen LogP contribution in [0.3, 0.4) is 0 Å². The van der Waals surface area contributed by atoms with Gasteiger partial charge in [0, 0.05) is 6.42 Å². The average molecular weight is 370 g/mol. The van der Waals surface area contributed by atoms with Gasteiger partial charge in [0.1, 0.15) is 6.04 Å². The number of hydrogen-bond donors (Lipinski definition) is 2. The van der Waals surface area contributed by atoms with Crippen molar-refractivity contribution in [1.82, 2.24) is 14.9 Å². The van der Waals surface area contributed by atoms with Crippen LogP contribution < -0.4 is 0 Å².